The summed E-state index contributed by atoms with van der Waals surface area (Å²) in [5.74, 6) is -1.10. The normalized spacial score (nSPS) is 11.6. The maximum Gasteiger partial charge on any atom is 0.354 e. The van der Waals surface area contributed by atoms with Gasteiger partial charge < -0.3 is 19.6 Å². The lowest BCUT2D eigenvalue weighted by Gasteiger charge is -2.07. The molecule has 2 N–H and O–H groups in total. The molecule has 4 aromatic rings. The van der Waals surface area contributed by atoms with E-state index in [1.54, 1.807) is 13.3 Å². The molecule has 4 rings (SSSR count). The Labute approximate surface area is 147 Å². The molecule has 0 aliphatic rings. The van der Waals surface area contributed by atoms with Crippen LogP contribution in [-0.4, -0.2) is 45.2 Å². The Bertz CT molecular complexity index is 1150. The lowest BCUT2D eigenvalue weighted by Crippen LogP contribution is -2.07. The van der Waals surface area contributed by atoms with Crippen molar-refractivity contribution in [3.05, 3.63) is 41.5 Å². The van der Waals surface area contributed by atoms with Crippen LogP contribution in [0.1, 0.15) is 21.7 Å². The quantitative estimate of drug-likeness (QED) is 0.568. The predicted octanol–water partition coefficient (Wildman–Crippen LogP) is 2.65. The second-order valence-corrected chi connectivity index (χ2v) is 5.89. The van der Waals surface area contributed by atoms with Crippen LogP contribution in [0.4, 0.5) is 0 Å². The molecule has 3 aromatic heterocycles. The maximum absolute atomic E-state index is 11.6. The third-order valence-corrected chi connectivity index (χ3v) is 4.25. The molecule has 0 aliphatic carbocycles. The number of carboxylic acid groups (broad SMARTS) is 1. The second-order valence-electron chi connectivity index (χ2n) is 5.89. The molecule has 0 amide bonds. The van der Waals surface area contributed by atoms with E-state index in [1.165, 1.54) is 13.3 Å². The summed E-state index contributed by atoms with van der Waals surface area (Å²) < 4.78 is 10.4. The van der Waals surface area contributed by atoms with Crippen molar-refractivity contribution in [3.8, 4) is 0 Å². The molecule has 0 aliphatic heterocycles. The molecule has 0 spiro atoms. The number of rotatable bonds is 5. The largest absolute Gasteiger partial charge is 0.477 e. The van der Waals surface area contributed by atoms with Gasteiger partial charge in [-0.25, -0.2) is 14.8 Å². The number of methoxy groups -OCH3 is 2. The number of benzene rings is 1. The SMILES string of the molecule is COCc1cnc2c(ccc3[nH]c4cnc(C(=O)O)c(COC)c4c32)n1. The summed E-state index contributed by atoms with van der Waals surface area (Å²) in [4.78, 5) is 28.1. The molecular formula is C18H16N4O4. The lowest BCUT2D eigenvalue weighted by molar-refractivity contribution is 0.0685. The zero-order valence-electron chi connectivity index (χ0n) is 14.2. The molecule has 0 atom stereocenters. The van der Waals surface area contributed by atoms with E-state index in [2.05, 4.69) is 19.9 Å². The number of hydrogen-bond acceptors (Lipinski definition) is 6. The van der Waals surface area contributed by atoms with Crippen LogP contribution < -0.4 is 0 Å². The lowest BCUT2D eigenvalue weighted by atomic mass is 10.0. The topological polar surface area (TPSA) is 110 Å². The van der Waals surface area contributed by atoms with Crippen molar-refractivity contribution >= 4 is 38.8 Å². The average molecular weight is 352 g/mol. The first-order valence-electron chi connectivity index (χ1n) is 7.93. The van der Waals surface area contributed by atoms with E-state index in [1.807, 2.05) is 12.1 Å². The molecule has 0 bridgehead atoms. The van der Waals surface area contributed by atoms with E-state index in [0.717, 1.165) is 27.5 Å². The third-order valence-electron chi connectivity index (χ3n) is 4.25. The Morgan fingerprint density at radius 2 is 1.88 bits per heavy atom. The molecule has 0 saturated carbocycles. The van der Waals surface area contributed by atoms with Gasteiger partial charge in [0.1, 0.15) is 0 Å². The smallest absolute Gasteiger partial charge is 0.354 e. The van der Waals surface area contributed by atoms with E-state index in [4.69, 9.17) is 9.47 Å². The number of pyridine rings is 1. The fraction of sp³-hybridized carbons (Fsp3) is 0.222. The summed E-state index contributed by atoms with van der Waals surface area (Å²) in [6, 6.07) is 3.78. The zero-order chi connectivity index (χ0) is 18.3. The number of carboxylic acids is 1. The fourth-order valence-corrected chi connectivity index (χ4v) is 3.25. The van der Waals surface area contributed by atoms with E-state index in [-0.39, 0.29) is 12.3 Å². The highest BCUT2D eigenvalue weighted by Gasteiger charge is 2.20. The number of carbonyl (C=O) groups is 1. The fourth-order valence-electron chi connectivity index (χ4n) is 3.25. The number of nitrogens with one attached hydrogen (secondary N) is 1. The number of aromatic nitrogens is 4. The van der Waals surface area contributed by atoms with Crippen LogP contribution in [0, 0.1) is 0 Å². The molecular weight excluding hydrogens is 336 g/mol. The van der Waals surface area contributed by atoms with Gasteiger partial charge in [0.05, 0.1) is 47.9 Å². The van der Waals surface area contributed by atoms with E-state index in [9.17, 15) is 9.90 Å². The molecule has 1 aromatic carbocycles. The van der Waals surface area contributed by atoms with Crippen LogP contribution in [0.25, 0.3) is 32.8 Å². The van der Waals surface area contributed by atoms with E-state index < -0.39 is 5.97 Å². The van der Waals surface area contributed by atoms with Crippen LogP contribution in [-0.2, 0) is 22.7 Å². The monoisotopic (exact) mass is 352 g/mol. The van der Waals surface area contributed by atoms with Gasteiger partial charge in [-0.15, -0.1) is 0 Å². The van der Waals surface area contributed by atoms with Crippen molar-refractivity contribution in [3.63, 3.8) is 0 Å². The maximum atomic E-state index is 11.6. The number of aromatic carboxylic acids is 1. The van der Waals surface area contributed by atoms with Gasteiger partial charge >= 0.3 is 5.97 Å². The summed E-state index contributed by atoms with van der Waals surface area (Å²) in [7, 11) is 3.13. The molecule has 3 heterocycles. The summed E-state index contributed by atoms with van der Waals surface area (Å²) in [5.41, 5.74) is 4.18. The Kier molecular flexibility index (Phi) is 3.98. The highest BCUT2D eigenvalue weighted by molar-refractivity contribution is 6.20. The van der Waals surface area contributed by atoms with Gasteiger partial charge in [-0.05, 0) is 12.1 Å². The summed E-state index contributed by atoms with van der Waals surface area (Å²) in [6.07, 6.45) is 3.19. The van der Waals surface area contributed by atoms with E-state index >= 15 is 0 Å². The van der Waals surface area contributed by atoms with Gasteiger partial charge in [0.25, 0.3) is 0 Å². The van der Waals surface area contributed by atoms with Crippen LogP contribution in [0.2, 0.25) is 0 Å². The second kappa shape index (κ2) is 6.32. The minimum absolute atomic E-state index is 0.0267. The van der Waals surface area contributed by atoms with Gasteiger partial charge in [-0.1, -0.05) is 0 Å². The molecule has 132 valence electrons. The van der Waals surface area contributed by atoms with Crippen LogP contribution in [0.5, 0.6) is 0 Å². The van der Waals surface area contributed by atoms with Gasteiger partial charge in [-0.2, -0.15) is 0 Å². The van der Waals surface area contributed by atoms with Gasteiger partial charge in [0.15, 0.2) is 5.69 Å². The summed E-state index contributed by atoms with van der Waals surface area (Å²) in [5, 5.41) is 11.1. The predicted molar refractivity (Wildman–Crippen MR) is 95.1 cm³/mol. The zero-order valence-corrected chi connectivity index (χ0v) is 14.2. The highest BCUT2D eigenvalue weighted by atomic mass is 16.5. The van der Waals surface area contributed by atoms with Crippen molar-refractivity contribution in [2.24, 2.45) is 0 Å². The van der Waals surface area contributed by atoms with E-state index in [0.29, 0.717) is 23.2 Å². The Balaban J connectivity index is 2.13. The number of aromatic amines is 1. The highest BCUT2D eigenvalue weighted by Crippen LogP contribution is 2.34. The van der Waals surface area contributed by atoms with Crippen molar-refractivity contribution in [2.75, 3.05) is 14.2 Å². The summed E-state index contributed by atoms with van der Waals surface area (Å²) >= 11 is 0. The van der Waals surface area contributed by atoms with Gasteiger partial charge in [-0.3, -0.25) is 4.98 Å². The Hall–Kier alpha value is -3.10. The molecule has 26 heavy (non-hydrogen) atoms. The molecule has 0 fully saturated rings. The van der Waals surface area contributed by atoms with Crippen molar-refractivity contribution in [2.45, 2.75) is 13.2 Å². The van der Waals surface area contributed by atoms with Crippen molar-refractivity contribution < 1.29 is 19.4 Å². The first kappa shape index (κ1) is 16.4. The van der Waals surface area contributed by atoms with Crippen LogP contribution in [0.15, 0.2) is 24.5 Å². The number of hydrogen-bond donors (Lipinski definition) is 2. The number of nitrogens with zero attached hydrogens (tertiary/aromatic N) is 3. The first-order chi connectivity index (χ1) is 12.6. The third kappa shape index (κ3) is 2.47. The van der Waals surface area contributed by atoms with Gasteiger partial charge in [0.2, 0.25) is 0 Å². The number of fused-ring (bicyclic) bond motifs is 5. The molecule has 0 saturated heterocycles. The number of ether oxygens (including phenoxy) is 2. The summed E-state index contributed by atoms with van der Waals surface area (Å²) in [6.45, 7) is 0.501. The minimum atomic E-state index is -1.10. The Morgan fingerprint density at radius 1 is 1.08 bits per heavy atom. The van der Waals surface area contributed by atoms with Crippen LogP contribution >= 0.6 is 0 Å². The molecule has 8 heteroatoms. The van der Waals surface area contributed by atoms with Gasteiger partial charge in [0, 0.05) is 36.1 Å². The van der Waals surface area contributed by atoms with Crippen molar-refractivity contribution in [1.82, 2.24) is 19.9 Å². The minimum Gasteiger partial charge on any atom is -0.477 e. The van der Waals surface area contributed by atoms with Crippen LogP contribution in [0.3, 0.4) is 0 Å². The standard InChI is InChI=1S/C18H16N4O4/c1-25-7-9-5-19-17-12(21-9)4-3-11-15(17)14-10(8-26-2)16(18(23)24)20-6-13(14)22-11/h3-6,22H,7-8H2,1-2H3,(H,23,24). The average Bonchev–Trinajstić information content (AvgIpc) is 3.01. The van der Waals surface area contributed by atoms with Crippen molar-refractivity contribution in [1.29, 1.82) is 0 Å². The number of H-pyrrole nitrogens is 1. The molecule has 0 radical (unpaired) electrons. The first-order valence-corrected chi connectivity index (χ1v) is 7.93. The Morgan fingerprint density at radius 3 is 2.62 bits per heavy atom. The molecule has 0 unspecified atom stereocenters. The molecule has 8 nitrogen and oxygen atoms in total.